The molecule has 1 aromatic heterocycles. The Labute approximate surface area is 177 Å². The van der Waals surface area contributed by atoms with Crippen LogP contribution in [0.3, 0.4) is 0 Å². The number of nitrogens with zero attached hydrogens (tertiary/aromatic N) is 2. The fourth-order valence-electron chi connectivity index (χ4n) is 4.96. The van der Waals surface area contributed by atoms with Gasteiger partial charge in [-0.1, -0.05) is 43.2 Å². The van der Waals surface area contributed by atoms with E-state index in [1.165, 1.54) is 12.3 Å². The number of rotatable bonds is 4. The number of hydrogen-bond acceptors (Lipinski definition) is 5. The van der Waals surface area contributed by atoms with E-state index in [-0.39, 0.29) is 23.7 Å². The van der Waals surface area contributed by atoms with Gasteiger partial charge in [0.05, 0.1) is 17.4 Å². The van der Waals surface area contributed by atoms with E-state index >= 15 is 0 Å². The lowest BCUT2D eigenvalue weighted by Crippen LogP contribution is -2.59. The van der Waals surface area contributed by atoms with Crippen LogP contribution in [0.5, 0.6) is 0 Å². The number of piperidine rings is 1. The summed E-state index contributed by atoms with van der Waals surface area (Å²) >= 11 is 0. The van der Waals surface area contributed by atoms with E-state index in [1.807, 2.05) is 35.2 Å². The molecule has 2 fully saturated rings. The highest BCUT2D eigenvalue weighted by Gasteiger charge is 2.50. The highest BCUT2D eigenvalue weighted by Crippen LogP contribution is 2.47. The zero-order chi connectivity index (χ0) is 21.4. The molecule has 0 radical (unpaired) electrons. The molecule has 2 heterocycles. The minimum absolute atomic E-state index is 0.00881. The lowest BCUT2D eigenvalue weighted by atomic mass is 9.66. The quantitative estimate of drug-likeness (QED) is 0.779. The van der Waals surface area contributed by atoms with Crippen molar-refractivity contribution in [3.63, 3.8) is 0 Å². The standard InChI is InChI=1S/C22H27N3O4S/c1-30(28,29)24-20-12-11-16(15-23-20)21(26)25-14-13-22(27,17-7-3-2-4-8-17)18-9-5-6-10-19(18)25/h2-4,7-8,11-12,15,18-19,27H,5-6,9-10,13-14H2,1H3,(H,23,24)/t18-,19+,22?/m1/s1. The van der Waals surface area contributed by atoms with E-state index in [9.17, 15) is 18.3 Å². The summed E-state index contributed by atoms with van der Waals surface area (Å²) < 4.78 is 25.0. The van der Waals surface area contributed by atoms with Crippen LogP contribution in [0.4, 0.5) is 5.82 Å². The third-order valence-electron chi connectivity index (χ3n) is 6.31. The summed E-state index contributed by atoms with van der Waals surface area (Å²) in [7, 11) is -3.42. The Bertz CT molecular complexity index is 1010. The first-order valence-electron chi connectivity index (χ1n) is 10.3. The molecule has 30 heavy (non-hydrogen) atoms. The van der Waals surface area contributed by atoms with Crippen molar-refractivity contribution in [3.8, 4) is 0 Å². The summed E-state index contributed by atoms with van der Waals surface area (Å²) in [5.41, 5.74) is 0.417. The van der Waals surface area contributed by atoms with Gasteiger partial charge < -0.3 is 10.0 Å². The molecular weight excluding hydrogens is 402 g/mol. The van der Waals surface area contributed by atoms with Crippen molar-refractivity contribution >= 4 is 21.7 Å². The minimum Gasteiger partial charge on any atom is -0.385 e. The summed E-state index contributed by atoms with van der Waals surface area (Å²) in [6.07, 6.45) is 6.79. The number of fused-ring (bicyclic) bond motifs is 1. The number of nitrogens with one attached hydrogen (secondary N) is 1. The van der Waals surface area contributed by atoms with Gasteiger partial charge in [-0.3, -0.25) is 9.52 Å². The first kappa shape index (κ1) is 20.8. The summed E-state index contributed by atoms with van der Waals surface area (Å²) in [4.78, 5) is 19.2. The smallest absolute Gasteiger partial charge is 0.255 e. The van der Waals surface area contributed by atoms with Crippen molar-refractivity contribution in [1.29, 1.82) is 0 Å². The number of aromatic nitrogens is 1. The Morgan fingerprint density at radius 3 is 2.57 bits per heavy atom. The van der Waals surface area contributed by atoms with E-state index in [2.05, 4.69) is 9.71 Å². The van der Waals surface area contributed by atoms with Gasteiger partial charge in [-0.25, -0.2) is 13.4 Å². The normalized spacial score (nSPS) is 26.7. The van der Waals surface area contributed by atoms with Crippen LogP contribution in [-0.2, 0) is 15.6 Å². The first-order valence-corrected chi connectivity index (χ1v) is 12.2. The number of benzene rings is 1. The molecule has 1 amide bonds. The van der Waals surface area contributed by atoms with Gasteiger partial charge in [0.25, 0.3) is 5.91 Å². The van der Waals surface area contributed by atoms with Crippen molar-refractivity contribution in [1.82, 2.24) is 9.88 Å². The van der Waals surface area contributed by atoms with Crippen LogP contribution >= 0.6 is 0 Å². The Morgan fingerprint density at radius 1 is 1.17 bits per heavy atom. The Kier molecular flexibility index (Phi) is 5.55. The Morgan fingerprint density at radius 2 is 1.90 bits per heavy atom. The number of pyridine rings is 1. The van der Waals surface area contributed by atoms with Gasteiger partial charge in [0.2, 0.25) is 10.0 Å². The summed E-state index contributed by atoms with van der Waals surface area (Å²) in [5.74, 6) is 0.0487. The van der Waals surface area contributed by atoms with Gasteiger partial charge in [0.15, 0.2) is 0 Å². The predicted molar refractivity (Wildman–Crippen MR) is 114 cm³/mol. The van der Waals surface area contributed by atoms with Crippen molar-refractivity contribution in [2.24, 2.45) is 5.92 Å². The molecule has 0 spiro atoms. The van der Waals surface area contributed by atoms with Crippen LogP contribution in [0, 0.1) is 5.92 Å². The maximum Gasteiger partial charge on any atom is 0.255 e. The molecule has 1 saturated heterocycles. The molecule has 1 saturated carbocycles. The van der Waals surface area contributed by atoms with Crippen molar-refractivity contribution in [3.05, 3.63) is 59.8 Å². The van der Waals surface area contributed by atoms with E-state index in [1.54, 1.807) is 6.07 Å². The molecule has 160 valence electrons. The van der Waals surface area contributed by atoms with Crippen LogP contribution < -0.4 is 4.72 Å². The molecule has 8 heteroatoms. The maximum absolute atomic E-state index is 13.3. The van der Waals surface area contributed by atoms with Crippen molar-refractivity contribution < 1.29 is 18.3 Å². The monoisotopic (exact) mass is 429 g/mol. The first-order chi connectivity index (χ1) is 14.3. The molecule has 3 atom stereocenters. The minimum atomic E-state index is -3.42. The van der Waals surface area contributed by atoms with Crippen LogP contribution in [0.25, 0.3) is 0 Å². The highest BCUT2D eigenvalue weighted by atomic mass is 32.2. The van der Waals surface area contributed by atoms with E-state index < -0.39 is 15.6 Å². The maximum atomic E-state index is 13.3. The van der Waals surface area contributed by atoms with Gasteiger partial charge in [0, 0.05) is 24.7 Å². The molecular formula is C22H27N3O4S. The van der Waals surface area contributed by atoms with E-state index in [0.29, 0.717) is 18.5 Å². The molecule has 2 N–H and O–H groups in total. The predicted octanol–water partition coefficient (Wildman–Crippen LogP) is 2.75. The largest absolute Gasteiger partial charge is 0.385 e. The second-order valence-electron chi connectivity index (χ2n) is 8.30. The molecule has 0 bridgehead atoms. The molecule has 1 aromatic carbocycles. The number of anilines is 1. The third-order valence-corrected chi connectivity index (χ3v) is 6.89. The number of carbonyl (C=O) groups excluding carboxylic acids is 1. The number of sulfonamides is 1. The number of carbonyl (C=O) groups is 1. The summed E-state index contributed by atoms with van der Waals surface area (Å²) in [6, 6.07) is 12.8. The average molecular weight is 430 g/mol. The molecule has 1 aliphatic heterocycles. The number of aliphatic hydroxyl groups is 1. The zero-order valence-corrected chi connectivity index (χ0v) is 17.8. The molecule has 4 rings (SSSR count). The molecule has 2 aliphatic rings. The second-order valence-corrected chi connectivity index (χ2v) is 10.1. The van der Waals surface area contributed by atoms with Gasteiger partial charge >= 0.3 is 0 Å². The van der Waals surface area contributed by atoms with Crippen LogP contribution in [0.2, 0.25) is 0 Å². The topological polar surface area (TPSA) is 99.6 Å². The van der Waals surface area contributed by atoms with E-state index in [4.69, 9.17) is 0 Å². The summed E-state index contributed by atoms with van der Waals surface area (Å²) in [5, 5.41) is 11.6. The lowest BCUT2D eigenvalue weighted by molar-refractivity contribution is -0.110. The molecule has 1 unspecified atom stereocenters. The van der Waals surface area contributed by atoms with Gasteiger partial charge in [-0.2, -0.15) is 0 Å². The number of hydrogen-bond donors (Lipinski definition) is 2. The Balaban J connectivity index is 1.57. The van der Waals surface area contributed by atoms with E-state index in [0.717, 1.165) is 37.5 Å². The molecule has 2 aromatic rings. The Hall–Kier alpha value is -2.45. The number of amides is 1. The zero-order valence-electron chi connectivity index (χ0n) is 17.0. The molecule has 1 aliphatic carbocycles. The third kappa shape index (κ3) is 4.06. The van der Waals surface area contributed by atoms with Crippen molar-refractivity contribution in [2.45, 2.75) is 43.7 Å². The van der Waals surface area contributed by atoms with Gasteiger partial charge in [-0.15, -0.1) is 0 Å². The lowest BCUT2D eigenvalue weighted by Gasteiger charge is -2.52. The van der Waals surface area contributed by atoms with Crippen molar-refractivity contribution in [2.75, 3.05) is 17.5 Å². The summed E-state index contributed by atoms with van der Waals surface area (Å²) in [6.45, 7) is 0.467. The second kappa shape index (κ2) is 8.00. The fourth-order valence-corrected chi connectivity index (χ4v) is 5.46. The van der Waals surface area contributed by atoms with Crippen LogP contribution in [0.1, 0.15) is 48.0 Å². The van der Waals surface area contributed by atoms with Gasteiger partial charge in [0.1, 0.15) is 5.82 Å². The molecule has 7 nitrogen and oxygen atoms in total. The highest BCUT2D eigenvalue weighted by molar-refractivity contribution is 7.92. The fraction of sp³-hybridized carbons (Fsp3) is 0.455. The van der Waals surface area contributed by atoms with Gasteiger partial charge in [-0.05, 0) is 37.0 Å². The average Bonchev–Trinajstić information content (AvgIpc) is 2.74. The van der Waals surface area contributed by atoms with Crippen LogP contribution in [-0.4, -0.2) is 48.2 Å². The van der Waals surface area contributed by atoms with Crippen LogP contribution in [0.15, 0.2) is 48.7 Å². The number of likely N-dealkylation sites (tertiary alicyclic amines) is 1. The SMILES string of the molecule is CS(=O)(=O)Nc1ccc(C(=O)N2CCC(O)(c3ccccc3)[C@@H]3CCCC[C@@H]32)cn1.